The number of quaternary nitrogens is 1. The van der Waals surface area contributed by atoms with E-state index in [2.05, 4.69) is 0 Å². The van der Waals surface area contributed by atoms with Crippen molar-refractivity contribution in [3.05, 3.63) is 53.9 Å². The normalized spacial score (nSPS) is 15.2. The van der Waals surface area contributed by atoms with E-state index in [4.69, 9.17) is 0 Å². The molecule has 0 aliphatic carbocycles. The fourth-order valence-electron chi connectivity index (χ4n) is 1.34. The summed E-state index contributed by atoms with van der Waals surface area (Å²) in [6.45, 7) is 0. The molecule has 1 heterocycles. The predicted octanol–water partition coefficient (Wildman–Crippen LogP) is 1.80. The molecule has 0 amide bonds. The summed E-state index contributed by atoms with van der Waals surface area (Å²) in [6.07, 6.45) is 6.15. The highest BCUT2D eigenvalue weighted by atomic mass is 19.2. The second-order valence-corrected chi connectivity index (χ2v) is 3.02. The van der Waals surface area contributed by atoms with Gasteiger partial charge >= 0.3 is 0 Å². The van der Waals surface area contributed by atoms with Crippen LogP contribution in [0.5, 0.6) is 0 Å². The van der Waals surface area contributed by atoms with Crippen molar-refractivity contribution in [1.29, 1.82) is 0 Å². The molecule has 0 radical (unpaired) electrons. The van der Waals surface area contributed by atoms with Gasteiger partial charge in [0.1, 0.15) is 12.4 Å². The van der Waals surface area contributed by atoms with Crippen molar-refractivity contribution >= 4 is 5.69 Å². The standard InChI is InChI=1S/C10H5F4N/c11-6-5-7(15-3-1-2-4-15)9(13)10(14)8(6)12/h1-5H/p+1. The van der Waals surface area contributed by atoms with E-state index in [0.717, 1.165) is 0 Å². The Labute approximate surface area is 82.9 Å². The maximum absolute atomic E-state index is 13.2. The Hall–Kier alpha value is -1.62. The van der Waals surface area contributed by atoms with Crippen LogP contribution in [-0.2, 0) is 0 Å². The van der Waals surface area contributed by atoms with Gasteiger partial charge < -0.3 is 0 Å². The maximum atomic E-state index is 13.2. The molecule has 5 heteroatoms. The number of nitrogens with one attached hydrogen (secondary N) is 1. The van der Waals surface area contributed by atoms with Gasteiger partial charge in [0.15, 0.2) is 17.3 Å². The Morgan fingerprint density at radius 2 is 1.40 bits per heavy atom. The Bertz CT molecular complexity index is 453. The monoisotopic (exact) mass is 216 g/mol. The Morgan fingerprint density at radius 1 is 0.800 bits per heavy atom. The molecule has 0 bridgehead atoms. The predicted molar refractivity (Wildman–Crippen MR) is 45.2 cm³/mol. The van der Waals surface area contributed by atoms with Gasteiger partial charge in [0.25, 0.3) is 0 Å². The molecule has 1 aromatic rings. The van der Waals surface area contributed by atoms with Crippen molar-refractivity contribution in [3.8, 4) is 0 Å². The third kappa shape index (κ3) is 1.55. The molecule has 1 nitrogen and oxygen atoms in total. The zero-order chi connectivity index (χ0) is 11.0. The molecule has 0 spiro atoms. The van der Waals surface area contributed by atoms with Gasteiger partial charge in [-0.25, -0.2) is 18.1 Å². The van der Waals surface area contributed by atoms with Gasteiger partial charge in [-0.3, -0.25) is 0 Å². The molecule has 78 valence electrons. The molecule has 1 aliphatic rings. The third-order valence-electron chi connectivity index (χ3n) is 2.08. The summed E-state index contributed by atoms with van der Waals surface area (Å²) >= 11 is 0. The van der Waals surface area contributed by atoms with Crippen LogP contribution in [-0.4, -0.2) is 0 Å². The van der Waals surface area contributed by atoms with Crippen molar-refractivity contribution in [1.82, 2.24) is 0 Å². The first-order valence-corrected chi connectivity index (χ1v) is 4.16. The first-order chi connectivity index (χ1) is 7.11. The molecule has 1 aromatic carbocycles. The fourth-order valence-corrected chi connectivity index (χ4v) is 1.34. The van der Waals surface area contributed by atoms with Crippen LogP contribution in [0.2, 0.25) is 0 Å². The SMILES string of the molecule is Fc1cc([NH+]2C=CC=C2)c(F)c(F)c1F. The van der Waals surface area contributed by atoms with Crippen LogP contribution < -0.4 is 4.90 Å². The molecule has 1 aliphatic heterocycles. The summed E-state index contributed by atoms with van der Waals surface area (Å²) in [5.41, 5.74) is -0.281. The van der Waals surface area contributed by atoms with E-state index < -0.39 is 23.3 Å². The fraction of sp³-hybridized carbons (Fsp3) is 0. The van der Waals surface area contributed by atoms with E-state index in [1.54, 1.807) is 12.2 Å². The molecule has 0 saturated heterocycles. The lowest BCUT2D eigenvalue weighted by Gasteiger charge is -2.08. The average Bonchev–Trinajstić information content (AvgIpc) is 2.73. The summed E-state index contributed by atoms with van der Waals surface area (Å²) in [4.78, 5) is 0.310. The summed E-state index contributed by atoms with van der Waals surface area (Å²) in [5, 5.41) is 0. The van der Waals surface area contributed by atoms with Crippen LogP contribution in [0.3, 0.4) is 0 Å². The summed E-state index contributed by atoms with van der Waals surface area (Å²) in [5.74, 6) is -6.35. The van der Waals surface area contributed by atoms with Crippen molar-refractivity contribution in [2.24, 2.45) is 0 Å². The van der Waals surface area contributed by atoms with E-state index >= 15 is 0 Å². The topological polar surface area (TPSA) is 4.44 Å². The number of rotatable bonds is 1. The minimum atomic E-state index is -1.79. The highest BCUT2D eigenvalue weighted by Crippen LogP contribution is 2.20. The zero-order valence-electron chi connectivity index (χ0n) is 7.40. The summed E-state index contributed by atoms with van der Waals surface area (Å²) < 4.78 is 51.5. The highest BCUT2D eigenvalue weighted by molar-refractivity contribution is 5.35. The average molecular weight is 216 g/mol. The molecule has 2 rings (SSSR count). The third-order valence-corrected chi connectivity index (χ3v) is 2.08. The minimum Gasteiger partial charge on any atom is -0.248 e. The van der Waals surface area contributed by atoms with E-state index in [1.165, 1.54) is 12.4 Å². The van der Waals surface area contributed by atoms with Crippen molar-refractivity contribution in [2.45, 2.75) is 0 Å². The number of allylic oxidation sites excluding steroid dienone is 2. The molecule has 15 heavy (non-hydrogen) atoms. The van der Waals surface area contributed by atoms with Crippen LogP contribution in [0, 0.1) is 23.3 Å². The van der Waals surface area contributed by atoms with Gasteiger partial charge in [-0.05, 0) is 12.2 Å². The molecule has 0 unspecified atom stereocenters. The lowest BCUT2D eigenvalue weighted by molar-refractivity contribution is -0.711. The molecular formula is C10H6F4N+. The number of halogens is 4. The van der Waals surface area contributed by atoms with Gasteiger partial charge in [-0.1, -0.05) is 0 Å². The first-order valence-electron chi connectivity index (χ1n) is 4.16. The molecule has 0 atom stereocenters. The second kappa shape index (κ2) is 3.51. The maximum Gasteiger partial charge on any atom is 0.223 e. The number of benzene rings is 1. The van der Waals surface area contributed by atoms with Crippen molar-refractivity contribution < 1.29 is 22.5 Å². The first kappa shape index (κ1) is 9.92. The van der Waals surface area contributed by atoms with Crippen LogP contribution >= 0.6 is 0 Å². The molecule has 0 fully saturated rings. The Balaban J connectivity index is 2.57. The molecule has 1 N–H and O–H groups in total. The quantitative estimate of drug-likeness (QED) is 0.415. The summed E-state index contributed by atoms with van der Waals surface area (Å²) in [6, 6.07) is 0.642. The van der Waals surface area contributed by atoms with Crippen LogP contribution in [0.1, 0.15) is 0 Å². The van der Waals surface area contributed by atoms with Crippen molar-refractivity contribution in [2.75, 3.05) is 0 Å². The van der Waals surface area contributed by atoms with Gasteiger partial charge in [-0.15, -0.1) is 0 Å². The molecule has 0 saturated carbocycles. The van der Waals surface area contributed by atoms with Crippen LogP contribution in [0.25, 0.3) is 0 Å². The number of hydrogen-bond donors (Lipinski definition) is 1. The lowest BCUT2D eigenvalue weighted by Crippen LogP contribution is -2.96. The van der Waals surface area contributed by atoms with Gasteiger partial charge in [-0.2, -0.15) is 4.39 Å². The zero-order valence-corrected chi connectivity index (χ0v) is 7.40. The van der Waals surface area contributed by atoms with E-state index in [9.17, 15) is 17.6 Å². The summed E-state index contributed by atoms with van der Waals surface area (Å²) in [7, 11) is 0. The van der Waals surface area contributed by atoms with Gasteiger partial charge in [0.2, 0.25) is 11.6 Å². The second-order valence-electron chi connectivity index (χ2n) is 3.02. The van der Waals surface area contributed by atoms with E-state index in [-0.39, 0.29) is 5.69 Å². The lowest BCUT2D eigenvalue weighted by atomic mass is 10.2. The molecular weight excluding hydrogens is 210 g/mol. The van der Waals surface area contributed by atoms with Gasteiger partial charge in [0, 0.05) is 6.07 Å². The largest absolute Gasteiger partial charge is 0.248 e. The van der Waals surface area contributed by atoms with E-state index in [1.807, 2.05) is 0 Å². The van der Waals surface area contributed by atoms with Crippen LogP contribution in [0.15, 0.2) is 30.6 Å². The highest BCUT2D eigenvalue weighted by Gasteiger charge is 2.25. The Kier molecular flexibility index (Phi) is 2.32. The minimum absolute atomic E-state index is 0.281. The van der Waals surface area contributed by atoms with Crippen LogP contribution in [0.4, 0.5) is 23.2 Å². The van der Waals surface area contributed by atoms with E-state index in [0.29, 0.717) is 11.0 Å². The van der Waals surface area contributed by atoms with Crippen molar-refractivity contribution in [3.63, 3.8) is 0 Å². The smallest absolute Gasteiger partial charge is 0.223 e. The number of hydrogen-bond acceptors (Lipinski definition) is 0. The van der Waals surface area contributed by atoms with Gasteiger partial charge in [0.05, 0.1) is 0 Å². The molecule has 0 aromatic heterocycles. The Morgan fingerprint density at radius 3 is 2.00 bits per heavy atom.